The Kier molecular flexibility index (Phi) is 22.2. The number of piperidine rings is 2. The van der Waals surface area contributed by atoms with Crippen molar-refractivity contribution < 1.29 is 61.9 Å². The number of allylic oxidation sites excluding steroid dienone is 1. The largest absolute Gasteiger partial charge is 0.496 e. The summed E-state index contributed by atoms with van der Waals surface area (Å²) < 4.78 is 41.0. The van der Waals surface area contributed by atoms with Gasteiger partial charge in [-0.15, -0.1) is 0 Å². The third kappa shape index (κ3) is 15.4. The number of methoxy groups -OCH3 is 4. The number of carbonyl (C=O) groups excluding carboxylic acids is 6. The summed E-state index contributed by atoms with van der Waals surface area (Å²) in [7, 11) is 6.23. The fourth-order valence-corrected chi connectivity index (χ4v) is 10.9. The van der Waals surface area contributed by atoms with Crippen LogP contribution in [-0.2, 0) is 41.7 Å². The minimum atomic E-state index is -0.816. The number of esters is 1. The molecule has 0 saturated carbocycles. The van der Waals surface area contributed by atoms with Gasteiger partial charge >= 0.3 is 5.97 Å². The monoisotopic (exact) mass is 1100 g/mol. The molecule has 4 aromatic rings. The number of Topliss-reactive ketones (excluding diaryl/α,β-unsaturated/α-hetero) is 1. The Balaban J connectivity index is 0.862. The number of ketones is 1. The van der Waals surface area contributed by atoms with E-state index in [4.69, 9.17) is 33.2 Å². The number of fused-ring (bicyclic) bond motifs is 1. The molecule has 0 spiro atoms. The van der Waals surface area contributed by atoms with E-state index in [0.717, 1.165) is 74.7 Å². The lowest BCUT2D eigenvalue weighted by Gasteiger charge is -2.37. The summed E-state index contributed by atoms with van der Waals surface area (Å²) in [6.07, 6.45) is 10.5. The molecular formula is C63H80N4O13. The molecule has 2 N–H and O–H groups in total. The van der Waals surface area contributed by atoms with Crippen LogP contribution in [0.15, 0.2) is 85.1 Å². The van der Waals surface area contributed by atoms with Crippen molar-refractivity contribution in [2.75, 3.05) is 54.7 Å². The second-order valence-corrected chi connectivity index (χ2v) is 20.8. The van der Waals surface area contributed by atoms with E-state index in [1.807, 2.05) is 50.2 Å². The summed E-state index contributed by atoms with van der Waals surface area (Å²) in [5.41, 5.74) is 5.15. The van der Waals surface area contributed by atoms with Crippen molar-refractivity contribution in [3.05, 3.63) is 118 Å². The predicted molar refractivity (Wildman–Crippen MR) is 302 cm³/mol. The topological polar surface area (TPSA) is 198 Å². The molecule has 1 unspecified atom stereocenters. The first-order valence-corrected chi connectivity index (χ1v) is 28.3. The molecule has 17 nitrogen and oxygen atoms in total. The molecule has 430 valence electrons. The Morgan fingerprint density at radius 1 is 0.762 bits per heavy atom. The highest BCUT2D eigenvalue weighted by Gasteiger charge is 2.41. The molecule has 3 aliphatic rings. The number of nitrogens with zero attached hydrogens (tertiary/aromatic N) is 2. The van der Waals surface area contributed by atoms with E-state index in [9.17, 15) is 28.8 Å². The molecule has 3 aliphatic heterocycles. The van der Waals surface area contributed by atoms with Gasteiger partial charge in [-0.1, -0.05) is 82.0 Å². The Hall–Kier alpha value is -7.56. The van der Waals surface area contributed by atoms with Crippen molar-refractivity contribution in [3.63, 3.8) is 0 Å². The summed E-state index contributed by atoms with van der Waals surface area (Å²) >= 11 is 0. The number of aryl methyl sites for hydroxylation is 2. The zero-order valence-electron chi connectivity index (χ0n) is 47.5. The number of hydrogen-bond donors (Lipinski definition) is 2. The third-order valence-corrected chi connectivity index (χ3v) is 15.4. The van der Waals surface area contributed by atoms with Crippen LogP contribution in [0.1, 0.15) is 153 Å². The van der Waals surface area contributed by atoms with E-state index in [2.05, 4.69) is 17.2 Å². The van der Waals surface area contributed by atoms with Gasteiger partial charge in [0.25, 0.3) is 11.8 Å². The fraction of sp³-hybridized carbons (Fsp3) is 0.492. The maximum absolute atomic E-state index is 14.6. The fourth-order valence-electron chi connectivity index (χ4n) is 10.9. The number of likely N-dealkylation sites (tertiary alicyclic amines) is 1. The maximum atomic E-state index is 14.6. The van der Waals surface area contributed by atoms with Gasteiger partial charge in [0.1, 0.15) is 42.0 Å². The average Bonchev–Trinajstić information content (AvgIpc) is 3.89. The number of rotatable bonds is 30. The number of benzene rings is 4. The van der Waals surface area contributed by atoms with Gasteiger partial charge in [0.2, 0.25) is 17.6 Å². The molecule has 4 atom stereocenters. The van der Waals surface area contributed by atoms with Crippen molar-refractivity contribution >= 4 is 35.4 Å². The van der Waals surface area contributed by atoms with E-state index in [1.54, 1.807) is 53.3 Å². The molecule has 2 fully saturated rings. The first kappa shape index (κ1) is 60.1. The first-order valence-electron chi connectivity index (χ1n) is 28.3. The lowest BCUT2D eigenvalue weighted by molar-refractivity contribution is -0.162. The first-order chi connectivity index (χ1) is 38.8. The summed E-state index contributed by atoms with van der Waals surface area (Å²) in [5.74, 6) is 0.971. The van der Waals surface area contributed by atoms with Gasteiger partial charge in [0.05, 0.1) is 40.9 Å². The average molecular weight is 1100 g/mol. The van der Waals surface area contributed by atoms with Gasteiger partial charge < -0.3 is 53.6 Å². The molecule has 0 aliphatic carbocycles. The SMILES string of the molecule is C=C1CCC(N2Cc3c(OCC(=O)CCCCCCCCCNC(=O)COc4ccccc4[C@@H](CCc4ccc(C)c(OC)c4)OC(=O)[C@@H]4CCCCN4C(=O)[C@@H](CC)c4cc(OC)c(OC)c(OC)c4)cccc3C2=O)C(=O)N1. The minimum Gasteiger partial charge on any atom is -0.496 e. The molecule has 7 rings (SSSR count). The van der Waals surface area contributed by atoms with Crippen molar-refractivity contribution in [2.24, 2.45) is 0 Å². The number of nitrogens with one attached hydrogen (secondary N) is 2. The van der Waals surface area contributed by atoms with Crippen molar-refractivity contribution in [1.29, 1.82) is 0 Å². The lowest BCUT2D eigenvalue weighted by atomic mass is 9.91. The van der Waals surface area contributed by atoms with Crippen LogP contribution >= 0.6 is 0 Å². The van der Waals surface area contributed by atoms with Gasteiger partial charge in [0, 0.05) is 41.9 Å². The molecular weight excluding hydrogens is 1020 g/mol. The predicted octanol–water partition coefficient (Wildman–Crippen LogP) is 9.83. The number of para-hydroxylation sites is 1. The maximum Gasteiger partial charge on any atom is 0.329 e. The van der Waals surface area contributed by atoms with Gasteiger partial charge in [-0.25, -0.2) is 4.79 Å². The van der Waals surface area contributed by atoms with Crippen LogP contribution in [0.25, 0.3) is 0 Å². The van der Waals surface area contributed by atoms with Crippen molar-refractivity contribution in [2.45, 2.75) is 147 Å². The Morgan fingerprint density at radius 3 is 2.17 bits per heavy atom. The number of ether oxygens (including phenoxy) is 7. The van der Waals surface area contributed by atoms with Crippen molar-refractivity contribution in [3.8, 4) is 34.5 Å². The molecule has 0 aromatic heterocycles. The molecule has 4 aromatic carbocycles. The van der Waals surface area contributed by atoms with Crippen LogP contribution in [-0.4, -0.2) is 112 Å². The summed E-state index contributed by atoms with van der Waals surface area (Å²) in [4.78, 5) is 84.1. The zero-order chi connectivity index (χ0) is 57.1. The van der Waals surface area contributed by atoms with Gasteiger partial charge in [-0.05, 0) is 124 Å². The Labute approximate surface area is 471 Å². The standard InChI is InChI=1S/C63H80N4O13/c1-8-46(44-36-56(75-5)59(77-7)57(37-44)76-6)61(71)66-34-19-17-24-51(66)63(73)80-54(32-30-43-29-27-41(2)55(35-43)74-4)48-22-15-16-25-52(48)79-40-58(69)64-33-18-13-11-9-10-12-14-21-45(68)39-78-53-26-20-23-47-49(53)38-67(62(47)72)50-31-28-42(3)65-60(50)70/h15-16,20,22-23,25-27,29,35-37,46,50-51,54H,3,8-14,17-19,21,24,28,30-34,38-40H2,1-2,4-7H3,(H,64,69)(H,65,70)/t46-,50?,51-,54+/m0/s1. The Morgan fingerprint density at radius 2 is 1.46 bits per heavy atom. The Bertz CT molecular complexity index is 2810. The summed E-state index contributed by atoms with van der Waals surface area (Å²) in [6.45, 7) is 8.58. The molecule has 80 heavy (non-hydrogen) atoms. The smallest absolute Gasteiger partial charge is 0.329 e. The third-order valence-electron chi connectivity index (χ3n) is 15.4. The number of amides is 4. The quantitative estimate of drug-likeness (QED) is 0.0370. The highest BCUT2D eigenvalue weighted by Crippen LogP contribution is 2.42. The van der Waals surface area contributed by atoms with E-state index in [-0.39, 0.29) is 49.2 Å². The molecule has 0 bridgehead atoms. The molecule has 17 heteroatoms. The summed E-state index contributed by atoms with van der Waals surface area (Å²) in [6, 6.07) is 20.7. The normalized spacial score (nSPS) is 16.7. The number of unbranched alkanes of at least 4 members (excludes halogenated alkanes) is 6. The van der Waals surface area contributed by atoms with Crippen LogP contribution in [0.3, 0.4) is 0 Å². The van der Waals surface area contributed by atoms with E-state index < -0.39 is 30.1 Å². The van der Waals surface area contributed by atoms with Crippen molar-refractivity contribution in [1.82, 2.24) is 20.4 Å². The lowest BCUT2D eigenvalue weighted by Crippen LogP contribution is -2.50. The van der Waals surface area contributed by atoms with E-state index in [0.29, 0.717) is 115 Å². The highest BCUT2D eigenvalue weighted by molar-refractivity contribution is 6.02. The van der Waals surface area contributed by atoms with Gasteiger partial charge in [-0.2, -0.15) is 0 Å². The summed E-state index contributed by atoms with van der Waals surface area (Å²) in [5, 5.41) is 5.73. The molecule has 4 amide bonds. The number of hydrogen-bond acceptors (Lipinski definition) is 13. The molecule has 0 radical (unpaired) electrons. The van der Waals surface area contributed by atoms with Crippen LogP contribution < -0.4 is 39.1 Å². The minimum absolute atomic E-state index is 0.00703. The van der Waals surface area contributed by atoms with E-state index in [1.165, 1.54) is 21.3 Å². The molecule has 2 saturated heterocycles. The van der Waals surface area contributed by atoms with Crippen LogP contribution in [0, 0.1) is 6.92 Å². The van der Waals surface area contributed by atoms with Crippen LogP contribution in [0.2, 0.25) is 0 Å². The number of carbonyl (C=O) groups is 6. The van der Waals surface area contributed by atoms with Gasteiger partial charge in [0.15, 0.2) is 23.9 Å². The van der Waals surface area contributed by atoms with E-state index >= 15 is 0 Å². The second kappa shape index (κ2) is 29.6. The zero-order valence-corrected chi connectivity index (χ0v) is 47.5. The molecule has 3 heterocycles. The van der Waals surface area contributed by atoms with Gasteiger partial charge in [-0.3, -0.25) is 24.0 Å². The highest BCUT2D eigenvalue weighted by atomic mass is 16.6. The second-order valence-electron chi connectivity index (χ2n) is 20.8. The van der Waals surface area contributed by atoms with Crippen LogP contribution in [0.5, 0.6) is 34.5 Å². The van der Waals surface area contributed by atoms with Crippen LogP contribution in [0.4, 0.5) is 0 Å².